The molecule has 0 radical (unpaired) electrons. The predicted octanol–water partition coefficient (Wildman–Crippen LogP) is 5.07. The summed E-state index contributed by atoms with van der Waals surface area (Å²) in [6.07, 6.45) is 12.7. The lowest BCUT2D eigenvalue weighted by Gasteiger charge is -2.34. The third kappa shape index (κ3) is 4.16. The lowest BCUT2D eigenvalue weighted by molar-refractivity contribution is 0.192. The van der Waals surface area contributed by atoms with Gasteiger partial charge < -0.3 is 0 Å². The third-order valence-electron chi connectivity index (χ3n) is 4.09. The Morgan fingerprint density at radius 3 is 2.62 bits per heavy atom. The molecule has 2 unspecified atom stereocenters. The molecule has 1 heteroatoms. The van der Waals surface area contributed by atoms with Gasteiger partial charge in [0, 0.05) is 0 Å². The van der Waals surface area contributed by atoms with E-state index in [9.17, 15) is 5.26 Å². The molecule has 0 amide bonds. The molecule has 0 bridgehead atoms. The Hall–Kier alpha value is -0.510. The van der Waals surface area contributed by atoms with E-state index in [1.165, 1.54) is 44.9 Å². The summed E-state index contributed by atoms with van der Waals surface area (Å²) >= 11 is 0. The highest BCUT2D eigenvalue weighted by Crippen LogP contribution is 2.42. The second-order valence-electron chi connectivity index (χ2n) is 5.76. The van der Waals surface area contributed by atoms with Crippen molar-refractivity contribution >= 4 is 0 Å². The van der Waals surface area contributed by atoms with E-state index in [1.54, 1.807) is 0 Å². The molecule has 0 aromatic heterocycles. The van der Waals surface area contributed by atoms with E-state index in [4.69, 9.17) is 0 Å². The molecule has 0 N–H and O–H groups in total. The van der Waals surface area contributed by atoms with Crippen LogP contribution < -0.4 is 0 Å². The van der Waals surface area contributed by atoms with E-state index < -0.39 is 0 Å². The Morgan fingerprint density at radius 2 is 2.00 bits per heavy atom. The fraction of sp³-hybridized carbons (Fsp3) is 0.933. The van der Waals surface area contributed by atoms with Crippen LogP contribution in [-0.2, 0) is 0 Å². The fourth-order valence-electron chi connectivity index (χ4n) is 3.11. The zero-order valence-electron chi connectivity index (χ0n) is 11.1. The number of nitriles is 1. The van der Waals surface area contributed by atoms with Crippen LogP contribution >= 0.6 is 0 Å². The Bertz CT molecular complexity index is 228. The lowest BCUT2D eigenvalue weighted by Crippen LogP contribution is -2.26. The minimum atomic E-state index is 0.0455. The van der Waals surface area contributed by atoms with Crippen molar-refractivity contribution in [1.29, 1.82) is 5.26 Å². The standard InChI is InChI=1S/C15H27N/c1-3-4-5-6-7-10-15(13-16)11-8-9-14(2)12-15/h14H,3-12H2,1-2H3. The van der Waals surface area contributed by atoms with E-state index >= 15 is 0 Å². The molecule has 1 saturated carbocycles. The van der Waals surface area contributed by atoms with Crippen molar-refractivity contribution in [3.05, 3.63) is 0 Å². The number of nitrogens with zero attached hydrogens (tertiary/aromatic N) is 1. The highest BCUT2D eigenvalue weighted by molar-refractivity contribution is 5.01. The van der Waals surface area contributed by atoms with Crippen LogP contribution in [0.25, 0.3) is 0 Å². The smallest absolute Gasteiger partial charge is 0.0689 e. The first-order valence-corrected chi connectivity index (χ1v) is 7.14. The van der Waals surface area contributed by atoms with Crippen LogP contribution in [0.1, 0.15) is 78.1 Å². The molecular weight excluding hydrogens is 194 g/mol. The van der Waals surface area contributed by atoms with Gasteiger partial charge in [0.25, 0.3) is 0 Å². The van der Waals surface area contributed by atoms with Crippen LogP contribution in [0.5, 0.6) is 0 Å². The molecule has 1 fully saturated rings. The van der Waals surface area contributed by atoms with Crippen molar-refractivity contribution in [3.63, 3.8) is 0 Å². The molecule has 0 aromatic carbocycles. The summed E-state index contributed by atoms with van der Waals surface area (Å²) in [7, 11) is 0. The Morgan fingerprint density at radius 1 is 1.25 bits per heavy atom. The third-order valence-corrected chi connectivity index (χ3v) is 4.09. The van der Waals surface area contributed by atoms with Crippen molar-refractivity contribution < 1.29 is 0 Å². The van der Waals surface area contributed by atoms with E-state index in [0.717, 1.165) is 25.2 Å². The zero-order valence-corrected chi connectivity index (χ0v) is 11.1. The van der Waals surface area contributed by atoms with Crippen LogP contribution in [0.4, 0.5) is 0 Å². The average Bonchev–Trinajstić information content (AvgIpc) is 2.29. The second kappa shape index (κ2) is 6.94. The van der Waals surface area contributed by atoms with Crippen molar-refractivity contribution in [1.82, 2.24) is 0 Å². The van der Waals surface area contributed by atoms with Gasteiger partial charge in [-0.3, -0.25) is 0 Å². The van der Waals surface area contributed by atoms with Crippen molar-refractivity contribution in [2.24, 2.45) is 11.3 Å². The molecule has 1 aliphatic carbocycles. The normalized spacial score (nSPS) is 29.9. The molecule has 0 spiro atoms. The number of hydrogen-bond donors (Lipinski definition) is 0. The number of unbranched alkanes of at least 4 members (excludes halogenated alkanes) is 4. The summed E-state index contributed by atoms with van der Waals surface area (Å²) in [6, 6.07) is 2.64. The number of hydrogen-bond acceptors (Lipinski definition) is 1. The van der Waals surface area contributed by atoms with E-state index in [2.05, 4.69) is 19.9 Å². The van der Waals surface area contributed by atoms with Crippen molar-refractivity contribution in [2.45, 2.75) is 78.1 Å². The predicted molar refractivity (Wildman–Crippen MR) is 69.1 cm³/mol. The maximum atomic E-state index is 9.41. The first-order chi connectivity index (χ1) is 7.72. The van der Waals surface area contributed by atoms with E-state index in [1.807, 2.05) is 0 Å². The maximum Gasteiger partial charge on any atom is 0.0689 e. The van der Waals surface area contributed by atoms with Crippen LogP contribution in [0.2, 0.25) is 0 Å². The van der Waals surface area contributed by atoms with Crippen LogP contribution in [0.3, 0.4) is 0 Å². The Kier molecular flexibility index (Phi) is 5.88. The largest absolute Gasteiger partial charge is 0.198 e. The van der Waals surface area contributed by atoms with Gasteiger partial charge in [0.15, 0.2) is 0 Å². The minimum absolute atomic E-state index is 0.0455. The molecule has 1 rings (SSSR count). The Labute approximate surface area is 101 Å². The highest BCUT2D eigenvalue weighted by atomic mass is 14.4. The fourth-order valence-corrected chi connectivity index (χ4v) is 3.11. The monoisotopic (exact) mass is 221 g/mol. The summed E-state index contributed by atoms with van der Waals surface area (Å²) in [6.45, 7) is 4.56. The molecule has 0 aromatic rings. The molecule has 0 aliphatic heterocycles. The van der Waals surface area contributed by atoms with Gasteiger partial charge in [-0.2, -0.15) is 5.26 Å². The van der Waals surface area contributed by atoms with Crippen LogP contribution in [0.15, 0.2) is 0 Å². The van der Waals surface area contributed by atoms with E-state index in [-0.39, 0.29) is 5.41 Å². The molecule has 0 heterocycles. The Balaban J connectivity index is 2.28. The summed E-state index contributed by atoms with van der Waals surface area (Å²) in [4.78, 5) is 0. The van der Waals surface area contributed by atoms with Crippen molar-refractivity contribution in [2.75, 3.05) is 0 Å². The van der Waals surface area contributed by atoms with Gasteiger partial charge in [-0.1, -0.05) is 58.8 Å². The highest BCUT2D eigenvalue weighted by Gasteiger charge is 2.34. The van der Waals surface area contributed by atoms with Crippen LogP contribution in [0, 0.1) is 22.7 Å². The summed E-state index contributed by atoms with van der Waals surface area (Å²) in [5.74, 6) is 0.768. The van der Waals surface area contributed by atoms with Crippen molar-refractivity contribution in [3.8, 4) is 6.07 Å². The second-order valence-corrected chi connectivity index (χ2v) is 5.76. The van der Waals surface area contributed by atoms with Gasteiger partial charge in [0.05, 0.1) is 11.5 Å². The molecule has 92 valence electrons. The zero-order chi connectivity index (χ0) is 11.9. The maximum absolute atomic E-state index is 9.41. The van der Waals surface area contributed by atoms with Gasteiger partial charge >= 0.3 is 0 Å². The van der Waals surface area contributed by atoms with Gasteiger partial charge in [0.1, 0.15) is 0 Å². The molecule has 0 saturated heterocycles. The van der Waals surface area contributed by atoms with Gasteiger partial charge in [0.2, 0.25) is 0 Å². The van der Waals surface area contributed by atoms with E-state index in [0.29, 0.717) is 0 Å². The van der Waals surface area contributed by atoms with Crippen LogP contribution in [-0.4, -0.2) is 0 Å². The SMILES string of the molecule is CCCCCCCC1(C#N)CCCC(C)C1. The van der Waals surface area contributed by atoms with Gasteiger partial charge in [-0.25, -0.2) is 0 Å². The topological polar surface area (TPSA) is 23.8 Å². The minimum Gasteiger partial charge on any atom is -0.198 e. The molecule has 1 aliphatic rings. The van der Waals surface area contributed by atoms with Gasteiger partial charge in [-0.15, -0.1) is 0 Å². The molecule has 16 heavy (non-hydrogen) atoms. The lowest BCUT2D eigenvalue weighted by atomic mass is 9.68. The average molecular weight is 221 g/mol. The van der Waals surface area contributed by atoms with Gasteiger partial charge in [-0.05, 0) is 25.2 Å². The number of rotatable bonds is 6. The molecular formula is C15H27N. The quantitative estimate of drug-likeness (QED) is 0.575. The first-order valence-electron chi connectivity index (χ1n) is 7.14. The molecule has 2 atom stereocenters. The first kappa shape index (κ1) is 13.6. The molecule has 1 nitrogen and oxygen atoms in total. The summed E-state index contributed by atoms with van der Waals surface area (Å²) in [5, 5.41) is 9.41. The summed E-state index contributed by atoms with van der Waals surface area (Å²) in [5.41, 5.74) is 0.0455. The summed E-state index contributed by atoms with van der Waals surface area (Å²) < 4.78 is 0.